The van der Waals surface area contributed by atoms with E-state index in [4.69, 9.17) is 9.47 Å². The summed E-state index contributed by atoms with van der Waals surface area (Å²) in [7, 11) is 6.55. The molecule has 7 heteroatoms. The van der Waals surface area contributed by atoms with E-state index in [-0.39, 0.29) is 24.3 Å². The molecule has 2 rings (SSSR count). The average Bonchev–Trinajstić information content (AvgIpc) is 3.03. The van der Waals surface area contributed by atoms with Gasteiger partial charge in [-0.3, -0.25) is 9.59 Å². The first kappa shape index (κ1) is 17.5. The van der Waals surface area contributed by atoms with Gasteiger partial charge in [0.1, 0.15) is 6.04 Å². The fourth-order valence-corrected chi connectivity index (χ4v) is 3.63. The van der Waals surface area contributed by atoms with Gasteiger partial charge in [0.05, 0.1) is 26.5 Å². The van der Waals surface area contributed by atoms with Crippen molar-refractivity contribution >= 4 is 23.6 Å². The zero-order chi connectivity index (χ0) is 17.0. The number of benzene rings is 1. The van der Waals surface area contributed by atoms with E-state index in [9.17, 15) is 9.59 Å². The van der Waals surface area contributed by atoms with Crippen LogP contribution in [-0.2, 0) is 16.0 Å². The Balaban J connectivity index is 2.11. The van der Waals surface area contributed by atoms with E-state index in [1.165, 1.54) is 4.90 Å². The van der Waals surface area contributed by atoms with Crippen LogP contribution in [0, 0.1) is 0 Å². The van der Waals surface area contributed by atoms with Gasteiger partial charge in [0.2, 0.25) is 11.8 Å². The fraction of sp³-hybridized carbons (Fsp3) is 0.500. The number of thioether (sulfide) groups is 1. The molecule has 126 valence electrons. The van der Waals surface area contributed by atoms with Crippen LogP contribution in [0.4, 0.5) is 0 Å². The normalized spacial score (nSPS) is 17.0. The maximum absolute atomic E-state index is 12.6. The van der Waals surface area contributed by atoms with Crippen molar-refractivity contribution in [1.29, 1.82) is 0 Å². The van der Waals surface area contributed by atoms with Gasteiger partial charge in [-0.15, -0.1) is 11.8 Å². The first-order valence-electron chi connectivity index (χ1n) is 7.27. The lowest BCUT2D eigenvalue weighted by Gasteiger charge is -2.25. The maximum atomic E-state index is 12.6. The highest BCUT2D eigenvalue weighted by atomic mass is 32.2. The predicted molar refractivity (Wildman–Crippen MR) is 89.9 cm³/mol. The molecule has 0 unspecified atom stereocenters. The third-order valence-corrected chi connectivity index (χ3v) is 4.74. The number of hydrogen-bond acceptors (Lipinski definition) is 5. The molecule has 0 aliphatic carbocycles. The molecule has 0 bridgehead atoms. The van der Waals surface area contributed by atoms with Crippen LogP contribution in [0.25, 0.3) is 0 Å². The largest absolute Gasteiger partial charge is 0.493 e. The highest BCUT2D eigenvalue weighted by molar-refractivity contribution is 7.99. The van der Waals surface area contributed by atoms with Crippen LogP contribution in [0.1, 0.15) is 5.56 Å². The number of rotatable bonds is 5. The van der Waals surface area contributed by atoms with Crippen LogP contribution >= 0.6 is 11.8 Å². The highest BCUT2D eigenvalue weighted by Crippen LogP contribution is 2.29. The second-order valence-corrected chi connectivity index (χ2v) is 6.48. The molecular formula is C16H22N2O4S. The number of carbonyl (C=O) groups is 2. The number of nitrogens with zero attached hydrogens (tertiary/aromatic N) is 2. The number of carbonyl (C=O) groups excluding carboxylic acids is 2. The lowest BCUT2D eigenvalue weighted by Crippen LogP contribution is -2.47. The smallest absolute Gasteiger partial charge is 0.245 e. The summed E-state index contributed by atoms with van der Waals surface area (Å²) in [5.74, 6) is 2.33. The van der Waals surface area contributed by atoms with Gasteiger partial charge in [-0.05, 0) is 17.7 Å². The summed E-state index contributed by atoms with van der Waals surface area (Å²) in [6.07, 6.45) is 0.234. The minimum absolute atomic E-state index is 0.0318. The summed E-state index contributed by atoms with van der Waals surface area (Å²) in [5, 5.41) is 0. The molecule has 23 heavy (non-hydrogen) atoms. The van der Waals surface area contributed by atoms with Crippen LogP contribution in [0.15, 0.2) is 18.2 Å². The van der Waals surface area contributed by atoms with Crippen LogP contribution in [0.3, 0.4) is 0 Å². The van der Waals surface area contributed by atoms with E-state index in [1.807, 2.05) is 6.07 Å². The molecular weight excluding hydrogens is 316 g/mol. The van der Waals surface area contributed by atoms with Crippen molar-refractivity contribution in [2.75, 3.05) is 39.9 Å². The van der Waals surface area contributed by atoms with Gasteiger partial charge < -0.3 is 19.3 Å². The Bertz CT molecular complexity index is 591. The van der Waals surface area contributed by atoms with Crippen molar-refractivity contribution in [2.45, 2.75) is 12.5 Å². The minimum atomic E-state index is -0.373. The Morgan fingerprint density at radius 2 is 1.96 bits per heavy atom. The Morgan fingerprint density at radius 1 is 1.26 bits per heavy atom. The Labute approximate surface area is 140 Å². The van der Waals surface area contributed by atoms with Crippen LogP contribution in [0.2, 0.25) is 0 Å². The summed E-state index contributed by atoms with van der Waals surface area (Å²) in [4.78, 5) is 27.9. The second-order valence-electron chi connectivity index (χ2n) is 5.48. The molecule has 0 spiro atoms. The van der Waals surface area contributed by atoms with Crippen molar-refractivity contribution in [3.63, 3.8) is 0 Å². The summed E-state index contributed by atoms with van der Waals surface area (Å²) in [6.45, 7) is 0. The van der Waals surface area contributed by atoms with Gasteiger partial charge in [0.15, 0.2) is 11.5 Å². The molecule has 1 saturated heterocycles. The summed E-state index contributed by atoms with van der Waals surface area (Å²) in [6, 6.07) is 5.04. The molecule has 2 amide bonds. The molecule has 1 atom stereocenters. The zero-order valence-corrected chi connectivity index (χ0v) is 14.7. The third kappa shape index (κ3) is 3.90. The van der Waals surface area contributed by atoms with Crippen molar-refractivity contribution in [3.05, 3.63) is 23.8 Å². The van der Waals surface area contributed by atoms with Crippen molar-refractivity contribution < 1.29 is 19.1 Å². The average molecular weight is 338 g/mol. The molecule has 0 N–H and O–H groups in total. The van der Waals surface area contributed by atoms with Gasteiger partial charge in [-0.1, -0.05) is 6.07 Å². The van der Waals surface area contributed by atoms with Gasteiger partial charge >= 0.3 is 0 Å². The molecule has 1 fully saturated rings. The van der Waals surface area contributed by atoms with E-state index in [0.717, 1.165) is 5.56 Å². The van der Waals surface area contributed by atoms with Gasteiger partial charge in [-0.2, -0.15) is 0 Å². The molecule has 6 nitrogen and oxygen atoms in total. The lowest BCUT2D eigenvalue weighted by molar-refractivity contribution is -0.141. The fourth-order valence-electron chi connectivity index (χ4n) is 2.46. The van der Waals surface area contributed by atoms with E-state index in [2.05, 4.69) is 0 Å². The number of methoxy groups -OCH3 is 2. The van der Waals surface area contributed by atoms with Crippen molar-refractivity contribution in [3.8, 4) is 11.5 Å². The monoisotopic (exact) mass is 338 g/mol. The van der Waals surface area contributed by atoms with Crippen molar-refractivity contribution in [1.82, 2.24) is 9.80 Å². The van der Waals surface area contributed by atoms with E-state index in [0.29, 0.717) is 23.1 Å². The lowest BCUT2D eigenvalue weighted by atomic mass is 10.1. The third-order valence-electron chi connectivity index (χ3n) is 3.73. The summed E-state index contributed by atoms with van der Waals surface area (Å²) in [5.41, 5.74) is 0.834. The maximum Gasteiger partial charge on any atom is 0.245 e. The highest BCUT2D eigenvalue weighted by Gasteiger charge is 2.35. The number of hydrogen-bond donors (Lipinski definition) is 0. The van der Waals surface area contributed by atoms with E-state index >= 15 is 0 Å². The minimum Gasteiger partial charge on any atom is -0.493 e. The molecule has 0 radical (unpaired) electrons. The SMILES string of the molecule is COc1ccc(CC(=O)N2CSC[C@@H]2C(=O)N(C)C)cc1OC. The van der Waals surface area contributed by atoms with Crippen LogP contribution in [-0.4, -0.2) is 67.6 Å². The van der Waals surface area contributed by atoms with E-state index < -0.39 is 0 Å². The quantitative estimate of drug-likeness (QED) is 0.808. The number of ether oxygens (including phenoxy) is 2. The molecule has 1 aromatic carbocycles. The standard InChI is InChI=1S/C16H22N2O4S/c1-17(2)16(20)12-9-23-10-18(12)15(19)8-11-5-6-13(21-3)14(7-11)22-4/h5-7,12H,8-10H2,1-4H3/t12-/m1/s1. The van der Waals surface area contributed by atoms with Crippen molar-refractivity contribution in [2.24, 2.45) is 0 Å². The molecule has 0 aromatic heterocycles. The first-order valence-corrected chi connectivity index (χ1v) is 8.42. The molecule has 1 aromatic rings. The van der Waals surface area contributed by atoms with Crippen LogP contribution in [0.5, 0.6) is 11.5 Å². The molecule has 1 aliphatic rings. The summed E-state index contributed by atoms with van der Waals surface area (Å²) >= 11 is 1.60. The Morgan fingerprint density at radius 3 is 2.57 bits per heavy atom. The van der Waals surface area contributed by atoms with Gasteiger partial charge in [-0.25, -0.2) is 0 Å². The summed E-state index contributed by atoms with van der Waals surface area (Å²) < 4.78 is 10.5. The van der Waals surface area contributed by atoms with Gasteiger partial charge in [0, 0.05) is 19.8 Å². The molecule has 1 aliphatic heterocycles. The zero-order valence-electron chi connectivity index (χ0n) is 13.9. The van der Waals surface area contributed by atoms with Crippen LogP contribution < -0.4 is 9.47 Å². The second kappa shape index (κ2) is 7.59. The van der Waals surface area contributed by atoms with E-state index in [1.54, 1.807) is 57.1 Å². The predicted octanol–water partition coefficient (Wildman–Crippen LogP) is 1.24. The Kier molecular flexibility index (Phi) is 5.76. The molecule has 0 saturated carbocycles. The number of amides is 2. The first-order chi connectivity index (χ1) is 11.0. The molecule has 1 heterocycles. The van der Waals surface area contributed by atoms with Gasteiger partial charge in [0.25, 0.3) is 0 Å². The number of likely N-dealkylation sites (N-methyl/N-ethyl adjacent to an activating group) is 1. The Hall–Kier alpha value is -1.89. The topological polar surface area (TPSA) is 59.1 Å².